The van der Waals surface area contributed by atoms with E-state index in [0.29, 0.717) is 18.1 Å². The van der Waals surface area contributed by atoms with Crippen LogP contribution >= 0.6 is 0 Å². The van der Waals surface area contributed by atoms with Crippen LogP contribution in [-0.4, -0.2) is 22.6 Å². The molecule has 1 aliphatic rings. The molecule has 0 unspecified atom stereocenters. The maximum Gasteiger partial charge on any atom is 0.183 e. The molecule has 1 saturated carbocycles. The van der Waals surface area contributed by atoms with Crippen LogP contribution in [0.2, 0.25) is 0 Å². The van der Waals surface area contributed by atoms with Crippen LogP contribution in [-0.2, 0) is 6.42 Å². The van der Waals surface area contributed by atoms with Gasteiger partial charge in [0, 0.05) is 6.04 Å². The molecule has 4 heteroatoms. The lowest BCUT2D eigenvalue weighted by Crippen LogP contribution is -2.32. The van der Waals surface area contributed by atoms with Gasteiger partial charge in [-0.1, -0.05) is 27.7 Å². The zero-order chi connectivity index (χ0) is 16.2. The van der Waals surface area contributed by atoms with Crippen molar-refractivity contribution in [2.45, 2.75) is 72.8 Å². The van der Waals surface area contributed by atoms with E-state index in [2.05, 4.69) is 43.0 Å². The zero-order valence-corrected chi connectivity index (χ0v) is 14.8. The molecule has 1 aromatic rings. The SMILES string of the molecule is CCOc1c(CC)ncnc1N[C@H]1CC[C@@H](C(C)(C)C)CC1. The van der Waals surface area contributed by atoms with Crippen LogP contribution in [0, 0.1) is 11.3 Å². The number of hydrogen-bond acceptors (Lipinski definition) is 4. The van der Waals surface area contributed by atoms with Crippen molar-refractivity contribution in [2.24, 2.45) is 11.3 Å². The number of nitrogens with one attached hydrogen (secondary N) is 1. The molecule has 124 valence electrons. The predicted molar refractivity (Wildman–Crippen MR) is 91.4 cm³/mol. The van der Waals surface area contributed by atoms with Crippen LogP contribution in [0.1, 0.15) is 66.0 Å². The third kappa shape index (κ3) is 4.11. The number of nitrogens with zero attached hydrogens (tertiary/aromatic N) is 2. The van der Waals surface area contributed by atoms with Crippen LogP contribution in [0.3, 0.4) is 0 Å². The first-order valence-corrected chi connectivity index (χ1v) is 8.68. The van der Waals surface area contributed by atoms with E-state index >= 15 is 0 Å². The van der Waals surface area contributed by atoms with E-state index in [4.69, 9.17) is 4.74 Å². The molecule has 1 aliphatic carbocycles. The summed E-state index contributed by atoms with van der Waals surface area (Å²) in [5.41, 5.74) is 1.41. The van der Waals surface area contributed by atoms with Crippen molar-refractivity contribution in [3.05, 3.63) is 12.0 Å². The molecule has 0 amide bonds. The highest BCUT2D eigenvalue weighted by Crippen LogP contribution is 2.39. The normalized spacial score (nSPS) is 22.4. The van der Waals surface area contributed by atoms with E-state index < -0.39 is 0 Å². The molecule has 0 atom stereocenters. The maximum atomic E-state index is 5.79. The first kappa shape index (κ1) is 17.0. The standard InChI is InChI=1S/C18H31N3O/c1-6-15-16(22-7-2)17(20-12-19-15)21-14-10-8-13(9-11-14)18(3,4)5/h12-14H,6-11H2,1-5H3,(H,19,20,21)/t13-,14+. The van der Waals surface area contributed by atoms with Gasteiger partial charge in [-0.3, -0.25) is 0 Å². The topological polar surface area (TPSA) is 47.0 Å². The monoisotopic (exact) mass is 305 g/mol. The van der Waals surface area contributed by atoms with Crippen molar-refractivity contribution in [3.8, 4) is 5.75 Å². The zero-order valence-electron chi connectivity index (χ0n) is 14.8. The number of hydrogen-bond donors (Lipinski definition) is 1. The van der Waals surface area contributed by atoms with Crippen LogP contribution in [0.5, 0.6) is 5.75 Å². The molecule has 4 nitrogen and oxygen atoms in total. The van der Waals surface area contributed by atoms with Gasteiger partial charge in [-0.05, 0) is 50.4 Å². The van der Waals surface area contributed by atoms with Crippen molar-refractivity contribution in [2.75, 3.05) is 11.9 Å². The van der Waals surface area contributed by atoms with Gasteiger partial charge in [-0.25, -0.2) is 9.97 Å². The fourth-order valence-corrected chi connectivity index (χ4v) is 3.36. The minimum absolute atomic E-state index is 0.422. The molecule has 0 radical (unpaired) electrons. The Morgan fingerprint density at radius 1 is 1.14 bits per heavy atom. The van der Waals surface area contributed by atoms with Gasteiger partial charge >= 0.3 is 0 Å². The van der Waals surface area contributed by atoms with E-state index in [1.165, 1.54) is 25.7 Å². The lowest BCUT2D eigenvalue weighted by atomic mass is 9.71. The van der Waals surface area contributed by atoms with E-state index in [1.807, 2.05) is 6.92 Å². The second-order valence-corrected chi connectivity index (χ2v) is 7.34. The summed E-state index contributed by atoms with van der Waals surface area (Å²) in [6.45, 7) is 11.8. The number of anilines is 1. The molecular weight excluding hydrogens is 274 g/mol. The quantitative estimate of drug-likeness (QED) is 0.872. The highest BCUT2D eigenvalue weighted by atomic mass is 16.5. The average Bonchev–Trinajstić information content (AvgIpc) is 2.49. The van der Waals surface area contributed by atoms with Crippen LogP contribution < -0.4 is 10.1 Å². The van der Waals surface area contributed by atoms with Gasteiger partial charge in [0.15, 0.2) is 11.6 Å². The smallest absolute Gasteiger partial charge is 0.183 e. The molecule has 2 rings (SSSR count). The van der Waals surface area contributed by atoms with Gasteiger partial charge in [0.2, 0.25) is 0 Å². The largest absolute Gasteiger partial charge is 0.488 e. The van der Waals surface area contributed by atoms with Gasteiger partial charge < -0.3 is 10.1 Å². The maximum absolute atomic E-state index is 5.79. The Kier molecular flexibility index (Phi) is 5.65. The Bertz CT molecular complexity index is 474. The summed E-state index contributed by atoms with van der Waals surface area (Å²) in [6, 6.07) is 0.498. The lowest BCUT2D eigenvalue weighted by molar-refractivity contribution is 0.173. The Hall–Kier alpha value is -1.32. The van der Waals surface area contributed by atoms with Crippen LogP contribution in [0.4, 0.5) is 5.82 Å². The van der Waals surface area contributed by atoms with Gasteiger partial charge in [0.1, 0.15) is 6.33 Å². The Morgan fingerprint density at radius 2 is 1.82 bits per heavy atom. The number of aromatic nitrogens is 2. The third-order valence-corrected chi connectivity index (χ3v) is 4.79. The molecule has 1 aromatic heterocycles. The summed E-state index contributed by atoms with van der Waals surface area (Å²) in [7, 11) is 0. The summed E-state index contributed by atoms with van der Waals surface area (Å²) >= 11 is 0. The Morgan fingerprint density at radius 3 is 2.36 bits per heavy atom. The molecule has 1 heterocycles. The van der Waals surface area contributed by atoms with Crippen molar-refractivity contribution >= 4 is 5.82 Å². The minimum atomic E-state index is 0.422. The Labute approximate surface area is 135 Å². The number of ether oxygens (including phenoxy) is 1. The van der Waals surface area contributed by atoms with Gasteiger partial charge in [-0.15, -0.1) is 0 Å². The first-order valence-electron chi connectivity index (χ1n) is 8.68. The fourth-order valence-electron chi connectivity index (χ4n) is 3.36. The summed E-state index contributed by atoms with van der Waals surface area (Å²) in [4.78, 5) is 8.76. The highest BCUT2D eigenvalue weighted by Gasteiger charge is 2.30. The molecule has 0 spiro atoms. The van der Waals surface area contributed by atoms with E-state index in [0.717, 1.165) is 29.6 Å². The molecular formula is C18H31N3O. The van der Waals surface area contributed by atoms with E-state index in [1.54, 1.807) is 6.33 Å². The fraction of sp³-hybridized carbons (Fsp3) is 0.778. The first-order chi connectivity index (χ1) is 10.5. The number of aryl methyl sites for hydroxylation is 1. The summed E-state index contributed by atoms with van der Waals surface area (Å²) < 4.78 is 5.79. The summed E-state index contributed by atoms with van der Waals surface area (Å²) in [5.74, 6) is 2.53. The van der Waals surface area contributed by atoms with Gasteiger partial charge in [0.05, 0.1) is 12.3 Å². The Balaban J connectivity index is 2.03. The lowest BCUT2D eigenvalue weighted by Gasteiger charge is -2.37. The summed E-state index contributed by atoms with van der Waals surface area (Å²) in [5, 5.41) is 3.60. The molecule has 0 bridgehead atoms. The highest BCUT2D eigenvalue weighted by molar-refractivity contribution is 5.52. The molecule has 0 aromatic carbocycles. The van der Waals surface area contributed by atoms with Crippen molar-refractivity contribution in [1.82, 2.24) is 9.97 Å². The van der Waals surface area contributed by atoms with Crippen LogP contribution in [0.25, 0.3) is 0 Å². The van der Waals surface area contributed by atoms with Crippen molar-refractivity contribution in [3.63, 3.8) is 0 Å². The molecule has 1 N–H and O–H groups in total. The molecule has 1 fully saturated rings. The van der Waals surface area contributed by atoms with E-state index in [-0.39, 0.29) is 0 Å². The van der Waals surface area contributed by atoms with E-state index in [9.17, 15) is 0 Å². The predicted octanol–water partition coefficient (Wildman–Crippen LogP) is 4.45. The minimum Gasteiger partial charge on any atom is -0.488 e. The second kappa shape index (κ2) is 7.30. The van der Waals surface area contributed by atoms with Gasteiger partial charge in [-0.2, -0.15) is 0 Å². The second-order valence-electron chi connectivity index (χ2n) is 7.34. The number of rotatable bonds is 5. The van der Waals surface area contributed by atoms with Crippen molar-refractivity contribution < 1.29 is 4.74 Å². The molecule has 0 saturated heterocycles. The van der Waals surface area contributed by atoms with Crippen LogP contribution in [0.15, 0.2) is 6.33 Å². The molecule has 22 heavy (non-hydrogen) atoms. The molecule has 0 aliphatic heterocycles. The third-order valence-electron chi connectivity index (χ3n) is 4.79. The van der Waals surface area contributed by atoms with Crippen molar-refractivity contribution in [1.29, 1.82) is 0 Å². The average molecular weight is 305 g/mol. The van der Waals surface area contributed by atoms with Gasteiger partial charge in [0.25, 0.3) is 0 Å². The summed E-state index contributed by atoms with van der Waals surface area (Å²) in [6.07, 6.45) is 7.50.